The second-order valence-corrected chi connectivity index (χ2v) is 7.75. The standard InChI is InChI=1S/C12H21NO2S2/c1-4-13-12(10(2)17(3,14)15)8-7-11-6-5-9-16-11/h5-6,9-10,12-13H,4,7-8H2,1-3H3. The highest BCUT2D eigenvalue weighted by molar-refractivity contribution is 7.91. The number of aryl methyl sites for hydroxylation is 1. The maximum Gasteiger partial charge on any atom is 0.151 e. The van der Waals surface area contributed by atoms with Gasteiger partial charge in [0.2, 0.25) is 0 Å². The quantitative estimate of drug-likeness (QED) is 0.829. The summed E-state index contributed by atoms with van der Waals surface area (Å²) in [4.78, 5) is 1.31. The molecule has 1 rings (SSSR count). The van der Waals surface area contributed by atoms with E-state index in [2.05, 4.69) is 16.8 Å². The summed E-state index contributed by atoms with van der Waals surface area (Å²) in [5, 5.41) is 5.00. The summed E-state index contributed by atoms with van der Waals surface area (Å²) in [5.74, 6) is 0. The van der Waals surface area contributed by atoms with Crippen LogP contribution in [0.25, 0.3) is 0 Å². The predicted octanol–water partition coefficient (Wildman–Crippen LogP) is 2.09. The largest absolute Gasteiger partial charge is 0.313 e. The van der Waals surface area contributed by atoms with Gasteiger partial charge in [0.05, 0.1) is 5.25 Å². The van der Waals surface area contributed by atoms with Gasteiger partial charge in [0.25, 0.3) is 0 Å². The summed E-state index contributed by atoms with van der Waals surface area (Å²) >= 11 is 1.72. The molecule has 1 aromatic rings. The van der Waals surface area contributed by atoms with E-state index >= 15 is 0 Å². The number of hydrogen-bond acceptors (Lipinski definition) is 4. The van der Waals surface area contributed by atoms with Gasteiger partial charge in [-0.2, -0.15) is 0 Å². The van der Waals surface area contributed by atoms with Crippen molar-refractivity contribution < 1.29 is 8.42 Å². The maximum absolute atomic E-state index is 11.6. The van der Waals surface area contributed by atoms with Crippen LogP contribution in [0.15, 0.2) is 17.5 Å². The molecule has 17 heavy (non-hydrogen) atoms. The number of nitrogens with one attached hydrogen (secondary N) is 1. The number of hydrogen-bond donors (Lipinski definition) is 1. The highest BCUT2D eigenvalue weighted by Crippen LogP contribution is 2.15. The molecule has 98 valence electrons. The SMILES string of the molecule is CCNC(CCc1cccs1)C(C)S(C)(=O)=O. The van der Waals surface area contributed by atoms with Crippen LogP contribution in [-0.2, 0) is 16.3 Å². The van der Waals surface area contributed by atoms with Crippen molar-refractivity contribution in [2.75, 3.05) is 12.8 Å². The van der Waals surface area contributed by atoms with Gasteiger partial charge in [-0.1, -0.05) is 13.0 Å². The first kappa shape index (κ1) is 14.7. The van der Waals surface area contributed by atoms with E-state index in [1.54, 1.807) is 18.3 Å². The first-order valence-electron chi connectivity index (χ1n) is 5.89. The molecular formula is C12H21NO2S2. The van der Waals surface area contributed by atoms with E-state index in [9.17, 15) is 8.42 Å². The van der Waals surface area contributed by atoms with Crippen molar-refractivity contribution >= 4 is 21.2 Å². The topological polar surface area (TPSA) is 46.2 Å². The third-order valence-electron chi connectivity index (χ3n) is 2.99. The lowest BCUT2D eigenvalue weighted by molar-refractivity contribution is 0.471. The summed E-state index contributed by atoms with van der Waals surface area (Å²) in [7, 11) is -2.97. The van der Waals surface area contributed by atoms with Crippen LogP contribution in [0.2, 0.25) is 0 Å². The van der Waals surface area contributed by atoms with Crippen LogP contribution in [-0.4, -0.2) is 32.5 Å². The zero-order valence-electron chi connectivity index (χ0n) is 10.6. The maximum atomic E-state index is 11.6. The van der Waals surface area contributed by atoms with Crippen LogP contribution in [0, 0.1) is 0 Å². The van der Waals surface area contributed by atoms with Crippen LogP contribution < -0.4 is 5.32 Å². The lowest BCUT2D eigenvalue weighted by Crippen LogP contribution is -2.42. The van der Waals surface area contributed by atoms with E-state index in [0.717, 1.165) is 19.4 Å². The van der Waals surface area contributed by atoms with Gasteiger partial charge in [0, 0.05) is 17.2 Å². The average molecular weight is 275 g/mol. The summed E-state index contributed by atoms with van der Waals surface area (Å²) in [6.45, 7) is 4.60. The van der Waals surface area contributed by atoms with Crippen molar-refractivity contribution in [3.63, 3.8) is 0 Å². The molecule has 0 radical (unpaired) electrons. The minimum absolute atomic E-state index is 0.0390. The van der Waals surface area contributed by atoms with E-state index in [1.807, 2.05) is 13.0 Å². The Kier molecular flexibility index (Phi) is 5.62. The number of sulfone groups is 1. The predicted molar refractivity (Wildman–Crippen MR) is 74.4 cm³/mol. The fraction of sp³-hybridized carbons (Fsp3) is 0.667. The van der Waals surface area contributed by atoms with E-state index in [1.165, 1.54) is 11.1 Å². The average Bonchev–Trinajstić information content (AvgIpc) is 2.74. The zero-order chi connectivity index (χ0) is 12.9. The Hall–Kier alpha value is -0.390. The van der Waals surface area contributed by atoms with E-state index in [4.69, 9.17) is 0 Å². The van der Waals surface area contributed by atoms with E-state index < -0.39 is 9.84 Å². The highest BCUT2D eigenvalue weighted by atomic mass is 32.2. The lowest BCUT2D eigenvalue weighted by atomic mass is 10.1. The number of thiophene rings is 1. The molecule has 0 aromatic carbocycles. The van der Waals surface area contributed by atoms with Gasteiger partial charge in [-0.15, -0.1) is 11.3 Å². The Balaban J connectivity index is 2.60. The monoisotopic (exact) mass is 275 g/mol. The summed E-state index contributed by atoms with van der Waals surface area (Å²) in [6, 6.07) is 4.17. The molecule has 1 N–H and O–H groups in total. The Morgan fingerprint density at radius 2 is 2.18 bits per heavy atom. The van der Waals surface area contributed by atoms with E-state index in [0.29, 0.717) is 0 Å². The smallest absolute Gasteiger partial charge is 0.151 e. The lowest BCUT2D eigenvalue weighted by Gasteiger charge is -2.23. The Morgan fingerprint density at radius 1 is 1.47 bits per heavy atom. The minimum Gasteiger partial charge on any atom is -0.313 e. The van der Waals surface area contributed by atoms with Crippen LogP contribution in [0.3, 0.4) is 0 Å². The van der Waals surface area contributed by atoms with Crippen molar-refractivity contribution in [1.29, 1.82) is 0 Å². The van der Waals surface area contributed by atoms with E-state index in [-0.39, 0.29) is 11.3 Å². The Bertz CT molecular complexity index is 412. The van der Waals surface area contributed by atoms with Crippen LogP contribution >= 0.6 is 11.3 Å². The second-order valence-electron chi connectivity index (χ2n) is 4.32. The molecule has 0 saturated heterocycles. The molecule has 0 aliphatic rings. The molecule has 0 saturated carbocycles. The van der Waals surface area contributed by atoms with Gasteiger partial charge >= 0.3 is 0 Å². The second kappa shape index (κ2) is 6.52. The first-order chi connectivity index (χ1) is 7.95. The van der Waals surface area contributed by atoms with Gasteiger partial charge in [0.15, 0.2) is 9.84 Å². The van der Waals surface area contributed by atoms with Crippen molar-refractivity contribution in [2.24, 2.45) is 0 Å². The third kappa shape index (κ3) is 4.77. The molecule has 1 heterocycles. The zero-order valence-corrected chi connectivity index (χ0v) is 12.3. The normalized spacial score (nSPS) is 15.7. The molecule has 0 spiro atoms. The van der Waals surface area contributed by atoms with Crippen molar-refractivity contribution in [3.05, 3.63) is 22.4 Å². The van der Waals surface area contributed by atoms with Gasteiger partial charge in [0.1, 0.15) is 0 Å². The Labute approximate surface area is 108 Å². The minimum atomic E-state index is -2.97. The molecule has 0 aliphatic heterocycles. The molecule has 1 aromatic heterocycles. The fourth-order valence-corrected chi connectivity index (χ4v) is 3.37. The molecule has 0 amide bonds. The van der Waals surface area contributed by atoms with Crippen LogP contribution in [0.1, 0.15) is 25.1 Å². The highest BCUT2D eigenvalue weighted by Gasteiger charge is 2.24. The number of rotatable bonds is 7. The molecule has 5 heteroatoms. The van der Waals surface area contributed by atoms with Crippen LogP contribution in [0.4, 0.5) is 0 Å². The van der Waals surface area contributed by atoms with Gasteiger partial charge < -0.3 is 5.32 Å². The third-order valence-corrected chi connectivity index (χ3v) is 5.61. The Morgan fingerprint density at radius 3 is 2.65 bits per heavy atom. The fourth-order valence-electron chi connectivity index (χ4n) is 1.82. The molecule has 0 aliphatic carbocycles. The van der Waals surface area contributed by atoms with Gasteiger partial charge in [-0.05, 0) is 37.8 Å². The van der Waals surface area contributed by atoms with Gasteiger partial charge in [-0.25, -0.2) is 8.42 Å². The molecule has 3 nitrogen and oxygen atoms in total. The summed E-state index contributed by atoms with van der Waals surface area (Å²) in [6.07, 6.45) is 3.12. The summed E-state index contributed by atoms with van der Waals surface area (Å²) in [5.41, 5.74) is 0. The van der Waals surface area contributed by atoms with Gasteiger partial charge in [-0.3, -0.25) is 0 Å². The molecular weight excluding hydrogens is 254 g/mol. The molecule has 2 unspecified atom stereocenters. The van der Waals surface area contributed by atoms with Crippen molar-refractivity contribution in [1.82, 2.24) is 5.32 Å². The van der Waals surface area contributed by atoms with Crippen molar-refractivity contribution in [3.8, 4) is 0 Å². The van der Waals surface area contributed by atoms with Crippen LogP contribution in [0.5, 0.6) is 0 Å². The van der Waals surface area contributed by atoms with Crippen molar-refractivity contribution in [2.45, 2.75) is 38.0 Å². The molecule has 0 fully saturated rings. The molecule has 0 bridgehead atoms. The molecule has 2 atom stereocenters. The first-order valence-corrected chi connectivity index (χ1v) is 8.73. The summed E-state index contributed by atoms with van der Waals surface area (Å²) < 4.78 is 23.1.